The van der Waals surface area contributed by atoms with Crippen LogP contribution in [0.3, 0.4) is 0 Å². The summed E-state index contributed by atoms with van der Waals surface area (Å²) in [6.45, 7) is 1.78. The fraction of sp³-hybridized carbons (Fsp3) is 0.500. The molecule has 4 heteroatoms. The van der Waals surface area contributed by atoms with Gasteiger partial charge >= 0.3 is 0 Å². The number of nitrogens with one attached hydrogen (secondary N) is 2. The maximum Gasteiger partial charge on any atom is 0.0682 e. The molecule has 56 valence electrons. The molecule has 0 aromatic heterocycles. The Morgan fingerprint density at radius 2 is 2.50 bits per heavy atom. The fourth-order valence-corrected chi connectivity index (χ4v) is 1.15. The molecular weight excluding hydrogens is 150 g/mol. The zero-order valence-electron chi connectivity index (χ0n) is 5.50. The van der Waals surface area contributed by atoms with Gasteiger partial charge in [-0.25, -0.2) is 0 Å². The van der Waals surface area contributed by atoms with Gasteiger partial charge in [-0.2, -0.15) is 0 Å². The Hall–Kier alpha value is -0.540. The van der Waals surface area contributed by atoms with Gasteiger partial charge in [-0.3, -0.25) is 10.3 Å². The zero-order chi connectivity index (χ0) is 6.10. The molecule has 0 spiro atoms. The van der Waals surface area contributed by atoms with E-state index in [4.69, 9.17) is 0 Å². The minimum Gasteiger partial charge on any atom is -0.374 e. The summed E-state index contributed by atoms with van der Waals surface area (Å²) in [5.74, 6) is 0. The van der Waals surface area contributed by atoms with E-state index in [0.717, 1.165) is 13.2 Å². The van der Waals surface area contributed by atoms with E-state index in [1.165, 1.54) is 5.70 Å². The molecule has 2 aliphatic rings. The number of allylic oxidation sites excluding steroid dienone is 1. The van der Waals surface area contributed by atoms with E-state index in [9.17, 15) is 0 Å². The van der Waals surface area contributed by atoms with Crippen molar-refractivity contribution in [2.75, 3.05) is 13.2 Å². The van der Waals surface area contributed by atoms with Crippen LogP contribution in [-0.2, 0) is 0 Å². The summed E-state index contributed by atoms with van der Waals surface area (Å²) < 4.78 is 0. The minimum atomic E-state index is 0. The maximum atomic E-state index is 4.12. The molecule has 1 unspecified atom stereocenters. The molecule has 1 atom stereocenters. The third-order valence-corrected chi connectivity index (χ3v) is 1.66. The average molecular weight is 160 g/mol. The van der Waals surface area contributed by atoms with Gasteiger partial charge in [-0.05, 0) is 6.08 Å². The van der Waals surface area contributed by atoms with E-state index < -0.39 is 0 Å². The highest BCUT2D eigenvalue weighted by Crippen LogP contribution is 2.06. The smallest absolute Gasteiger partial charge is 0.0682 e. The molecule has 0 aromatic rings. The molecule has 3 nitrogen and oxygen atoms in total. The second-order valence-corrected chi connectivity index (χ2v) is 2.25. The summed E-state index contributed by atoms with van der Waals surface area (Å²) in [5, 5.41) is 6.48. The number of hydrogen-bond acceptors (Lipinski definition) is 3. The van der Waals surface area contributed by atoms with Crippen LogP contribution in [0.4, 0.5) is 0 Å². The first-order chi connectivity index (χ1) is 4.47. The monoisotopic (exact) mass is 159 g/mol. The second-order valence-electron chi connectivity index (χ2n) is 2.25. The van der Waals surface area contributed by atoms with Crippen molar-refractivity contribution >= 4 is 18.6 Å². The number of fused-ring (bicyclic) bond motifs is 1. The quantitative estimate of drug-likeness (QED) is 0.518. The van der Waals surface area contributed by atoms with Crippen molar-refractivity contribution in [1.82, 2.24) is 10.6 Å². The Labute approximate surface area is 66.0 Å². The summed E-state index contributed by atoms with van der Waals surface area (Å²) in [6.07, 6.45) is 3.88. The number of hydrogen-bond donors (Lipinski definition) is 2. The van der Waals surface area contributed by atoms with Crippen LogP contribution in [0.2, 0.25) is 0 Å². The Morgan fingerprint density at radius 1 is 1.60 bits per heavy atom. The van der Waals surface area contributed by atoms with Crippen LogP contribution in [0.15, 0.2) is 16.8 Å². The lowest BCUT2D eigenvalue weighted by molar-refractivity contribution is 0.669. The van der Waals surface area contributed by atoms with Crippen molar-refractivity contribution in [3.63, 3.8) is 0 Å². The molecule has 0 aromatic carbocycles. The lowest BCUT2D eigenvalue weighted by Crippen LogP contribution is -2.27. The van der Waals surface area contributed by atoms with Gasteiger partial charge in [0.15, 0.2) is 0 Å². The first-order valence-electron chi connectivity index (χ1n) is 3.14. The highest BCUT2D eigenvalue weighted by molar-refractivity contribution is 5.85. The summed E-state index contributed by atoms with van der Waals surface area (Å²) in [5.41, 5.74) is 1.28. The second kappa shape index (κ2) is 3.03. The summed E-state index contributed by atoms with van der Waals surface area (Å²) in [6, 6.07) is 0.468. The lowest BCUT2D eigenvalue weighted by atomic mass is 10.2. The van der Waals surface area contributed by atoms with Crippen LogP contribution < -0.4 is 10.6 Å². The van der Waals surface area contributed by atoms with E-state index in [1.54, 1.807) is 0 Å². The first kappa shape index (κ1) is 7.57. The molecule has 2 rings (SSSR count). The van der Waals surface area contributed by atoms with Crippen LogP contribution in [0.1, 0.15) is 0 Å². The third kappa shape index (κ3) is 1.15. The van der Waals surface area contributed by atoms with Crippen LogP contribution in [0.25, 0.3) is 0 Å². The molecular formula is C6H10ClN3. The largest absolute Gasteiger partial charge is 0.374 e. The van der Waals surface area contributed by atoms with E-state index in [0.29, 0.717) is 6.04 Å². The Kier molecular flexibility index (Phi) is 2.29. The molecule has 2 heterocycles. The molecule has 1 saturated heterocycles. The molecule has 0 aliphatic carbocycles. The lowest BCUT2D eigenvalue weighted by Gasteiger charge is -2.09. The predicted molar refractivity (Wildman–Crippen MR) is 43.6 cm³/mol. The summed E-state index contributed by atoms with van der Waals surface area (Å²) in [4.78, 5) is 4.12. The van der Waals surface area contributed by atoms with Gasteiger partial charge in [0.25, 0.3) is 0 Å². The van der Waals surface area contributed by atoms with Gasteiger partial charge < -0.3 is 5.32 Å². The van der Waals surface area contributed by atoms with Gasteiger partial charge in [0.2, 0.25) is 0 Å². The Balaban J connectivity index is 0.000000500. The van der Waals surface area contributed by atoms with Crippen molar-refractivity contribution < 1.29 is 0 Å². The van der Waals surface area contributed by atoms with Gasteiger partial charge in [-0.15, -0.1) is 12.4 Å². The summed E-state index contributed by atoms with van der Waals surface area (Å²) in [7, 11) is 0. The van der Waals surface area contributed by atoms with E-state index >= 15 is 0 Å². The van der Waals surface area contributed by atoms with Crippen molar-refractivity contribution in [1.29, 1.82) is 0 Å². The van der Waals surface area contributed by atoms with E-state index in [-0.39, 0.29) is 12.4 Å². The first-order valence-corrected chi connectivity index (χ1v) is 3.14. The molecule has 2 aliphatic heterocycles. The number of halogens is 1. The highest BCUT2D eigenvalue weighted by Gasteiger charge is 2.19. The Bertz CT molecular complexity index is 176. The molecule has 2 N–H and O–H groups in total. The maximum absolute atomic E-state index is 4.12. The van der Waals surface area contributed by atoms with Crippen LogP contribution in [0, 0.1) is 0 Å². The van der Waals surface area contributed by atoms with Gasteiger partial charge in [-0.1, -0.05) is 0 Å². The minimum absolute atomic E-state index is 0. The van der Waals surface area contributed by atoms with Crippen molar-refractivity contribution in [3.8, 4) is 0 Å². The van der Waals surface area contributed by atoms with Crippen LogP contribution >= 0.6 is 12.4 Å². The highest BCUT2D eigenvalue weighted by atomic mass is 35.5. The topological polar surface area (TPSA) is 36.4 Å². The van der Waals surface area contributed by atoms with Crippen molar-refractivity contribution in [3.05, 3.63) is 11.8 Å². The van der Waals surface area contributed by atoms with Crippen LogP contribution in [-0.4, -0.2) is 25.5 Å². The average Bonchev–Trinajstić information content (AvgIpc) is 2.33. The van der Waals surface area contributed by atoms with Crippen LogP contribution in [0.5, 0.6) is 0 Å². The molecule has 1 fully saturated rings. The number of rotatable bonds is 0. The molecule has 10 heavy (non-hydrogen) atoms. The van der Waals surface area contributed by atoms with Crippen molar-refractivity contribution in [2.24, 2.45) is 4.99 Å². The predicted octanol–water partition coefficient (Wildman–Crippen LogP) is -0.105. The SMILES string of the molecule is C1=NCC2NCNC2=C1.Cl. The molecule has 0 bridgehead atoms. The van der Waals surface area contributed by atoms with Gasteiger partial charge in [0.1, 0.15) is 0 Å². The Morgan fingerprint density at radius 3 is 3.30 bits per heavy atom. The van der Waals surface area contributed by atoms with Gasteiger partial charge in [0.05, 0.1) is 19.3 Å². The third-order valence-electron chi connectivity index (χ3n) is 1.66. The van der Waals surface area contributed by atoms with Gasteiger partial charge in [0, 0.05) is 11.9 Å². The van der Waals surface area contributed by atoms with E-state index in [1.807, 2.05) is 12.3 Å². The fourth-order valence-electron chi connectivity index (χ4n) is 1.15. The van der Waals surface area contributed by atoms with Crippen molar-refractivity contribution in [2.45, 2.75) is 6.04 Å². The number of nitrogens with zero attached hydrogens (tertiary/aromatic N) is 1. The molecule has 0 amide bonds. The summed E-state index contributed by atoms with van der Waals surface area (Å²) >= 11 is 0. The zero-order valence-corrected chi connectivity index (χ0v) is 6.32. The van der Waals surface area contributed by atoms with E-state index in [2.05, 4.69) is 15.6 Å². The molecule has 0 saturated carbocycles. The number of aliphatic imine (C=N–C) groups is 1. The standard InChI is InChI=1S/C6H9N3.ClH/c1-2-7-3-6-5(1)8-4-9-6;/h1-2,6,8-9H,3-4H2;1H. The number of dihydropyridines is 1. The normalized spacial score (nSPS) is 28.0. The molecule has 0 radical (unpaired) electrons.